The Kier molecular flexibility index (Phi) is 4.65. The van der Waals surface area contributed by atoms with E-state index in [1.165, 1.54) is 11.3 Å². The molecule has 0 amide bonds. The number of nitrogens with zero attached hydrogens (tertiary/aromatic N) is 1. The Morgan fingerprint density at radius 3 is 2.74 bits per heavy atom. The molecule has 3 rings (SSSR count). The fourth-order valence-electron chi connectivity index (χ4n) is 2.81. The van der Waals surface area contributed by atoms with Gasteiger partial charge in [-0.2, -0.15) is 4.31 Å². The lowest BCUT2D eigenvalue weighted by Gasteiger charge is -2.22. The zero-order valence-corrected chi connectivity index (χ0v) is 14.3. The lowest BCUT2D eigenvalue weighted by Crippen LogP contribution is -2.32. The third kappa shape index (κ3) is 2.87. The predicted octanol–water partition coefficient (Wildman–Crippen LogP) is 2.31. The Morgan fingerprint density at radius 2 is 2.16 bits per heavy atom. The van der Waals surface area contributed by atoms with E-state index in [1.807, 2.05) is 0 Å². The zero-order chi connectivity index (χ0) is 12.8. The zero-order valence-electron chi connectivity index (χ0n) is 10.3. The molecule has 2 aliphatic heterocycles. The third-order valence-corrected chi connectivity index (χ3v) is 7.81. The number of hydrogen-bond donors (Lipinski definition) is 1. The van der Waals surface area contributed by atoms with E-state index in [0.717, 1.165) is 29.7 Å². The summed E-state index contributed by atoms with van der Waals surface area (Å²) in [7, 11) is -3.29. The van der Waals surface area contributed by atoms with Crippen LogP contribution >= 0.6 is 39.7 Å². The van der Waals surface area contributed by atoms with Crippen LogP contribution in [-0.4, -0.2) is 38.9 Å². The van der Waals surface area contributed by atoms with Crippen LogP contribution in [0.2, 0.25) is 0 Å². The quantitative estimate of drug-likeness (QED) is 0.847. The third-order valence-electron chi connectivity index (χ3n) is 3.88. The Morgan fingerprint density at radius 1 is 1.37 bits per heavy atom. The van der Waals surface area contributed by atoms with Crippen molar-refractivity contribution in [2.45, 2.75) is 17.1 Å². The normalized spacial score (nSPS) is 27.8. The Bertz CT molecular complexity index is 555. The van der Waals surface area contributed by atoms with Crippen molar-refractivity contribution in [1.82, 2.24) is 9.62 Å². The van der Waals surface area contributed by atoms with E-state index in [1.54, 1.807) is 16.4 Å². The van der Waals surface area contributed by atoms with Crippen molar-refractivity contribution in [1.29, 1.82) is 0 Å². The maximum atomic E-state index is 12.5. The molecule has 1 N–H and O–H groups in total. The SMILES string of the molecule is Cl.O=S(=O)(c1ccc(Br)s1)N1CCC2(CCNC2)C1. The Hall–Kier alpha value is 0.340. The van der Waals surface area contributed by atoms with Crippen molar-refractivity contribution < 1.29 is 8.42 Å². The lowest BCUT2D eigenvalue weighted by atomic mass is 9.87. The summed E-state index contributed by atoms with van der Waals surface area (Å²) in [6, 6.07) is 3.47. The molecular formula is C11H16BrClN2O2S2. The largest absolute Gasteiger partial charge is 0.316 e. The van der Waals surface area contributed by atoms with Gasteiger partial charge in [0, 0.05) is 19.6 Å². The molecule has 2 aliphatic rings. The maximum absolute atomic E-state index is 12.5. The number of nitrogens with one attached hydrogen (secondary N) is 1. The minimum atomic E-state index is -3.29. The van der Waals surface area contributed by atoms with Crippen molar-refractivity contribution in [2.75, 3.05) is 26.2 Å². The van der Waals surface area contributed by atoms with Gasteiger partial charge < -0.3 is 5.32 Å². The molecule has 4 nitrogen and oxygen atoms in total. The van der Waals surface area contributed by atoms with Gasteiger partial charge in [0.25, 0.3) is 10.0 Å². The van der Waals surface area contributed by atoms with Crippen molar-refractivity contribution >= 4 is 49.7 Å². The highest BCUT2D eigenvalue weighted by molar-refractivity contribution is 9.11. The van der Waals surface area contributed by atoms with Gasteiger partial charge in [-0.05, 0) is 52.9 Å². The van der Waals surface area contributed by atoms with Crippen LogP contribution in [0, 0.1) is 5.41 Å². The van der Waals surface area contributed by atoms with Gasteiger partial charge in [0.2, 0.25) is 0 Å². The molecule has 3 heterocycles. The summed E-state index contributed by atoms with van der Waals surface area (Å²) in [5.41, 5.74) is 0.182. The van der Waals surface area contributed by atoms with E-state index in [0.29, 0.717) is 17.3 Å². The molecular weight excluding hydrogens is 372 g/mol. The molecule has 1 aromatic heterocycles. The molecule has 2 saturated heterocycles. The molecule has 108 valence electrons. The van der Waals surface area contributed by atoms with Crippen LogP contribution in [0.3, 0.4) is 0 Å². The predicted molar refractivity (Wildman–Crippen MR) is 82.6 cm³/mol. The average molecular weight is 388 g/mol. The first kappa shape index (κ1) is 15.7. The van der Waals surface area contributed by atoms with Crippen molar-refractivity contribution in [2.24, 2.45) is 5.41 Å². The standard InChI is InChI=1S/C11H15BrN2O2S2.ClH/c12-9-1-2-10(17-9)18(15,16)14-6-4-11(8-14)3-5-13-7-11;/h1-2,13H,3-8H2;1H. The van der Waals surface area contributed by atoms with E-state index < -0.39 is 10.0 Å². The minimum Gasteiger partial charge on any atom is -0.316 e. The van der Waals surface area contributed by atoms with Gasteiger partial charge in [0.05, 0.1) is 3.79 Å². The highest BCUT2D eigenvalue weighted by Gasteiger charge is 2.44. The summed E-state index contributed by atoms with van der Waals surface area (Å²) in [4.78, 5) is 0. The number of hydrogen-bond acceptors (Lipinski definition) is 4. The van der Waals surface area contributed by atoms with Crippen molar-refractivity contribution in [3.8, 4) is 0 Å². The maximum Gasteiger partial charge on any atom is 0.252 e. The fraction of sp³-hybridized carbons (Fsp3) is 0.636. The van der Waals surface area contributed by atoms with Gasteiger partial charge in [-0.3, -0.25) is 0 Å². The van der Waals surface area contributed by atoms with E-state index in [4.69, 9.17) is 0 Å². The molecule has 0 aliphatic carbocycles. The van der Waals surface area contributed by atoms with Crippen LogP contribution in [0.5, 0.6) is 0 Å². The monoisotopic (exact) mass is 386 g/mol. The van der Waals surface area contributed by atoms with Gasteiger partial charge in [0.1, 0.15) is 4.21 Å². The molecule has 1 aromatic rings. The van der Waals surface area contributed by atoms with E-state index in [-0.39, 0.29) is 17.8 Å². The topological polar surface area (TPSA) is 49.4 Å². The van der Waals surface area contributed by atoms with Crippen LogP contribution < -0.4 is 5.32 Å². The Balaban J connectivity index is 0.00000133. The van der Waals surface area contributed by atoms with Crippen LogP contribution in [0.1, 0.15) is 12.8 Å². The number of thiophene rings is 1. The molecule has 2 fully saturated rings. The van der Waals surface area contributed by atoms with Crippen molar-refractivity contribution in [3.05, 3.63) is 15.9 Å². The molecule has 0 bridgehead atoms. The Labute approximate surface area is 132 Å². The molecule has 1 atom stereocenters. The summed E-state index contributed by atoms with van der Waals surface area (Å²) in [5.74, 6) is 0. The van der Waals surface area contributed by atoms with Gasteiger partial charge in [-0.1, -0.05) is 0 Å². The van der Waals surface area contributed by atoms with Crippen molar-refractivity contribution in [3.63, 3.8) is 0 Å². The molecule has 0 radical (unpaired) electrons. The first-order valence-corrected chi connectivity index (χ1v) is 9.03. The van der Waals surface area contributed by atoms with Crippen LogP contribution in [0.4, 0.5) is 0 Å². The van der Waals surface area contributed by atoms with Crippen LogP contribution in [0.15, 0.2) is 20.1 Å². The second-order valence-electron chi connectivity index (χ2n) is 5.07. The highest BCUT2D eigenvalue weighted by atomic mass is 79.9. The highest BCUT2D eigenvalue weighted by Crippen LogP contribution is 2.39. The molecule has 8 heteroatoms. The molecule has 0 saturated carbocycles. The van der Waals surface area contributed by atoms with Gasteiger partial charge in [0.15, 0.2) is 0 Å². The summed E-state index contributed by atoms with van der Waals surface area (Å²) in [5, 5.41) is 3.34. The minimum absolute atomic E-state index is 0. The molecule has 19 heavy (non-hydrogen) atoms. The molecule has 1 unspecified atom stereocenters. The van der Waals surface area contributed by atoms with Gasteiger partial charge in [-0.25, -0.2) is 8.42 Å². The summed E-state index contributed by atoms with van der Waals surface area (Å²) < 4.78 is 27.9. The van der Waals surface area contributed by atoms with Crippen LogP contribution in [-0.2, 0) is 10.0 Å². The van der Waals surface area contributed by atoms with Gasteiger partial charge in [-0.15, -0.1) is 23.7 Å². The van der Waals surface area contributed by atoms with Gasteiger partial charge >= 0.3 is 0 Å². The molecule has 0 aromatic carbocycles. The molecule has 1 spiro atoms. The summed E-state index contributed by atoms with van der Waals surface area (Å²) >= 11 is 4.60. The lowest BCUT2D eigenvalue weighted by molar-refractivity contribution is 0.338. The fourth-order valence-corrected chi connectivity index (χ4v) is 6.52. The summed E-state index contributed by atoms with van der Waals surface area (Å²) in [6.07, 6.45) is 2.07. The number of halogens is 2. The number of sulfonamides is 1. The second-order valence-corrected chi connectivity index (χ2v) is 9.70. The second kappa shape index (κ2) is 5.61. The first-order valence-electron chi connectivity index (χ1n) is 5.98. The van der Waals surface area contributed by atoms with E-state index in [2.05, 4.69) is 21.2 Å². The first-order chi connectivity index (χ1) is 8.52. The van der Waals surface area contributed by atoms with Crippen LogP contribution in [0.25, 0.3) is 0 Å². The smallest absolute Gasteiger partial charge is 0.252 e. The summed E-state index contributed by atoms with van der Waals surface area (Å²) in [6.45, 7) is 3.28. The average Bonchev–Trinajstić information content (AvgIpc) is 3.02. The van der Waals surface area contributed by atoms with E-state index in [9.17, 15) is 8.42 Å². The number of rotatable bonds is 2. The van der Waals surface area contributed by atoms with E-state index >= 15 is 0 Å².